The molecule has 0 bridgehead atoms. The molecule has 16 heavy (non-hydrogen) atoms. The van der Waals surface area contributed by atoms with Gasteiger partial charge in [-0.3, -0.25) is 0 Å². The third-order valence-corrected chi connectivity index (χ3v) is 2.60. The van der Waals surface area contributed by atoms with Crippen LogP contribution in [0.15, 0.2) is 30.3 Å². The van der Waals surface area contributed by atoms with Gasteiger partial charge in [0.1, 0.15) is 0 Å². The van der Waals surface area contributed by atoms with E-state index < -0.39 is 0 Å². The first-order valence-electron chi connectivity index (χ1n) is 5.17. The fourth-order valence-electron chi connectivity index (χ4n) is 1.85. The van der Waals surface area contributed by atoms with Crippen molar-refractivity contribution in [2.24, 2.45) is 0 Å². The lowest BCUT2D eigenvalue weighted by Gasteiger charge is -2.11. The number of hydrogen-bond donors (Lipinski definition) is 0. The van der Waals surface area contributed by atoms with E-state index in [0.29, 0.717) is 5.88 Å². The average Bonchev–Trinajstić information content (AvgIpc) is 2.31. The van der Waals surface area contributed by atoms with Crippen LogP contribution in [0.4, 0.5) is 0 Å². The Balaban J connectivity index is 2.64. The Labute approximate surface area is 95.1 Å². The second kappa shape index (κ2) is 4.31. The molecule has 0 aliphatic heterocycles. The molecule has 0 amide bonds. The third-order valence-electron chi connectivity index (χ3n) is 2.60. The molecule has 0 aliphatic carbocycles. The van der Waals surface area contributed by atoms with Crippen LogP contribution in [0.3, 0.4) is 0 Å². The van der Waals surface area contributed by atoms with Gasteiger partial charge in [0.05, 0.1) is 12.8 Å². The van der Waals surface area contributed by atoms with E-state index in [1.165, 1.54) is 0 Å². The molecule has 1 heterocycles. The molecule has 1 aromatic carbocycles. The van der Waals surface area contributed by atoms with Crippen molar-refractivity contribution < 1.29 is 4.74 Å². The van der Waals surface area contributed by atoms with E-state index in [1.54, 1.807) is 7.11 Å². The van der Waals surface area contributed by atoms with Crippen molar-refractivity contribution >= 4 is 0 Å². The van der Waals surface area contributed by atoms with Crippen molar-refractivity contribution in [3.05, 3.63) is 41.6 Å². The molecule has 0 unspecified atom stereocenters. The Hall–Kier alpha value is -1.90. The Morgan fingerprint density at radius 2 is 1.69 bits per heavy atom. The minimum absolute atomic E-state index is 0.587. The monoisotopic (exact) mass is 214 g/mol. The van der Waals surface area contributed by atoms with Crippen molar-refractivity contribution in [2.45, 2.75) is 13.8 Å². The molecule has 0 saturated heterocycles. The summed E-state index contributed by atoms with van der Waals surface area (Å²) in [6, 6.07) is 10.2. The lowest BCUT2D eigenvalue weighted by molar-refractivity contribution is 0.388. The Morgan fingerprint density at radius 3 is 2.31 bits per heavy atom. The molecule has 2 rings (SSSR count). The van der Waals surface area contributed by atoms with Crippen molar-refractivity contribution in [2.75, 3.05) is 7.11 Å². The quantitative estimate of drug-likeness (QED) is 0.771. The lowest BCUT2D eigenvalue weighted by Crippen LogP contribution is -2.00. The molecular formula is C13H14N2O. The predicted octanol–water partition coefficient (Wildman–Crippen LogP) is 2.77. The molecule has 0 spiro atoms. The minimum Gasteiger partial charge on any atom is -0.480 e. The van der Waals surface area contributed by atoms with Gasteiger partial charge >= 0.3 is 0 Å². The zero-order chi connectivity index (χ0) is 11.5. The van der Waals surface area contributed by atoms with Gasteiger partial charge in [0.2, 0.25) is 5.88 Å². The molecular weight excluding hydrogens is 200 g/mol. The smallest absolute Gasteiger partial charge is 0.236 e. The summed E-state index contributed by atoms with van der Waals surface area (Å²) in [5, 5.41) is 8.12. The van der Waals surface area contributed by atoms with Crippen molar-refractivity contribution in [3.8, 4) is 17.0 Å². The number of methoxy groups -OCH3 is 1. The fraction of sp³-hybridized carbons (Fsp3) is 0.231. The number of aryl methyl sites for hydroxylation is 1. The minimum atomic E-state index is 0.587. The van der Waals surface area contributed by atoms with Gasteiger partial charge in [-0.2, -0.15) is 5.10 Å². The van der Waals surface area contributed by atoms with Gasteiger partial charge in [-0.1, -0.05) is 30.3 Å². The standard InChI is InChI=1S/C13H14N2O/c1-9-12(11-7-5-4-6-8-11)10(2)14-15-13(9)16-3/h4-8H,1-3H3. The summed E-state index contributed by atoms with van der Waals surface area (Å²) in [5.41, 5.74) is 4.20. The molecule has 82 valence electrons. The maximum atomic E-state index is 5.19. The van der Waals surface area contributed by atoms with Crippen molar-refractivity contribution in [1.82, 2.24) is 10.2 Å². The van der Waals surface area contributed by atoms with E-state index in [-0.39, 0.29) is 0 Å². The van der Waals surface area contributed by atoms with Gasteiger partial charge in [-0.05, 0) is 19.4 Å². The highest BCUT2D eigenvalue weighted by molar-refractivity contribution is 5.70. The number of rotatable bonds is 2. The first kappa shape index (κ1) is 10.6. The molecule has 2 aromatic rings. The number of ether oxygens (including phenoxy) is 1. The van der Waals surface area contributed by atoms with Gasteiger partial charge < -0.3 is 4.74 Å². The zero-order valence-electron chi connectivity index (χ0n) is 9.69. The second-order valence-corrected chi connectivity index (χ2v) is 3.66. The first-order chi connectivity index (χ1) is 7.74. The molecule has 3 heteroatoms. The van der Waals surface area contributed by atoms with E-state index in [4.69, 9.17) is 4.74 Å². The zero-order valence-corrected chi connectivity index (χ0v) is 9.69. The van der Waals surface area contributed by atoms with E-state index in [9.17, 15) is 0 Å². The topological polar surface area (TPSA) is 35.0 Å². The van der Waals surface area contributed by atoms with Gasteiger partial charge in [0, 0.05) is 11.1 Å². The van der Waals surface area contributed by atoms with Gasteiger partial charge in [-0.25, -0.2) is 0 Å². The molecule has 0 aliphatic rings. The normalized spacial score (nSPS) is 10.2. The summed E-state index contributed by atoms with van der Waals surface area (Å²) in [6.07, 6.45) is 0. The summed E-state index contributed by atoms with van der Waals surface area (Å²) in [5.74, 6) is 0.587. The van der Waals surface area contributed by atoms with Crippen LogP contribution in [0.2, 0.25) is 0 Å². The summed E-state index contributed by atoms with van der Waals surface area (Å²) >= 11 is 0. The average molecular weight is 214 g/mol. The fourth-order valence-corrected chi connectivity index (χ4v) is 1.85. The van der Waals surface area contributed by atoms with Crippen LogP contribution in [0, 0.1) is 13.8 Å². The molecule has 0 fully saturated rings. The number of nitrogens with zero attached hydrogens (tertiary/aromatic N) is 2. The molecule has 1 aromatic heterocycles. The summed E-state index contributed by atoms with van der Waals surface area (Å²) < 4.78 is 5.19. The van der Waals surface area contributed by atoms with Crippen LogP contribution in [0.1, 0.15) is 11.3 Å². The summed E-state index contributed by atoms with van der Waals surface area (Å²) in [4.78, 5) is 0. The largest absolute Gasteiger partial charge is 0.480 e. The Morgan fingerprint density at radius 1 is 1.00 bits per heavy atom. The van der Waals surface area contributed by atoms with Crippen molar-refractivity contribution in [3.63, 3.8) is 0 Å². The van der Waals surface area contributed by atoms with Crippen LogP contribution < -0.4 is 4.74 Å². The predicted molar refractivity (Wildman–Crippen MR) is 63.5 cm³/mol. The van der Waals surface area contributed by atoms with E-state index >= 15 is 0 Å². The van der Waals surface area contributed by atoms with E-state index in [1.807, 2.05) is 32.0 Å². The maximum absolute atomic E-state index is 5.19. The van der Waals surface area contributed by atoms with Crippen LogP contribution in [0.25, 0.3) is 11.1 Å². The Bertz CT molecular complexity index is 495. The van der Waals surface area contributed by atoms with E-state index in [0.717, 1.165) is 22.4 Å². The van der Waals surface area contributed by atoms with Crippen LogP contribution >= 0.6 is 0 Å². The maximum Gasteiger partial charge on any atom is 0.236 e. The second-order valence-electron chi connectivity index (χ2n) is 3.66. The third kappa shape index (κ3) is 1.76. The van der Waals surface area contributed by atoms with Gasteiger partial charge in [0.25, 0.3) is 0 Å². The molecule has 0 N–H and O–H groups in total. The number of aromatic nitrogens is 2. The van der Waals surface area contributed by atoms with Crippen LogP contribution in [-0.2, 0) is 0 Å². The van der Waals surface area contributed by atoms with Gasteiger partial charge in [0.15, 0.2) is 0 Å². The van der Waals surface area contributed by atoms with E-state index in [2.05, 4.69) is 22.3 Å². The first-order valence-corrected chi connectivity index (χ1v) is 5.17. The molecule has 3 nitrogen and oxygen atoms in total. The highest BCUT2D eigenvalue weighted by Crippen LogP contribution is 2.29. The van der Waals surface area contributed by atoms with Crippen LogP contribution in [-0.4, -0.2) is 17.3 Å². The molecule has 0 atom stereocenters. The van der Waals surface area contributed by atoms with Crippen LogP contribution in [0.5, 0.6) is 5.88 Å². The number of hydrogen-bond acceptors (Lipinski definition) is 3. The Kier molecular flexibility index (Phi) is 2.86. The molecule has 0 radical (unpaired) electrons. The summed E-state index contributed by atoms with van der Waals surface area (Å²) in [6.45, 7) is 3.96. The SMILES string of the molecule is COc1nnc(C)c(-c2ccccc2)c1C. The molecule has 0 saturated carbocycles. The van der Waals surface area contributed by atoms with Crippen molar-refractivity contribution in [1.29, 1.82) is 0 Å². The number of benzene rings is 1. The van der Waals surface area contributed by atoms with Gasteiger partial charge in [-0.15, -0.1) is 5.10 Å². The highest BCUT2D eigenvalue weighted by Gasteiger charge is 2.11. The summed E-state index contributed by atoms with van der Waals surface area (Å²) in [7, 11) is 1.61. The lowest BCUT2D eigenvalue weighted by atomic mass is 10.0. The highest BCUT2D eigenvalue weighted by atomic mass is 16.5.